The van der Waals surface area contributed by atoms with Crippen LogP contribution in [0.3, 0.4) is 0 Å². The van der Waals surface area contributed by atoms with E-state index in [0.29, 0.717) is 56.2 Å². The predicted molar refractivity (Wildman–Crippen MR) is 165 cm³/mol. The number of aliphatic hydroxyl groups excluding tert-OH is 1. The van der Waals surface area contributed by atoms with Crippen LogP contribution in [-0.2, 0) is 36.1 Å². The molecule has 12 heteroatoms. The largest absolute Gasteiger partial charge is 0.487 e. The maximum absolute atomic E-state index is 13.3. The van der Waals surface area contributed by atoms with E-state index in [2.05, 4.69) is 10.4 Å². The van der Waals surface area contributed by atoms with Crippen molar-refractivity contribution < 1.29 is 33.7 Å². The molecule has 3 amide bonds. The molecule has 240 valence electrons. The molecule has 1 aromatic heterocycles. The van der Waals surface area contributed by atoms with Crippen LogP contribution in [0, 0.1) is 0 Å². The highest BCUT2D eigenvalue weighted by Gasteiger charge is 2.37. The minimum Gasteiger partial charge on any atom is -0.487 e. The van der Waals surface area contributed by atoms with Gasteiger partial charge in [0.2, 0.25) is 0 Å². The Kier molecular flexibility index (Phi) is 9.74. The van der Waals surface area contributed by atoms with Crippen molar-refractivity contribution in [1.82, 2.24) is 24.9 Å². The maximum Gasteiger partial charge on any atom is 0.410 e. The van der Waals surface area contributed by atoms with Crippen LogP contribution in [0.4, 0.5) is 4.79 Å². The second-order valence-electron chi connectivity index (χ2n) is 12.3. The summed E-state index contributed by atoms with van der Waals surface area (Å²) in [7, 11) is 1.85. The molecule has 3 heterocycles. The highest BCUT2D eigenvalue weighted by Crippen LogP contribution is 2.30. The van der Waals surface area contributed by atoms with Gasteiger partial charge in [-0.25, -0.2) is 4.79 Å². The Bertz CT molecular complexity index is 1510. The fourth-order valence-corrected chi connectivity index (χ4v) is 5.39. The molecular weight excluding hydrogens is 578 g/mol. The number of nitrogens with zero attached hydrogens (tertiary/aromatic N) is 4. The predicted octanol–water partition coefficient (Wildman–Crippen LogP) is 2.92. The van der Waals surface area contributed by atoms with Crippen molar-refractivity contribution in [2.24, 2.45) is 7.05 Å². The zero-order valence-corrected chi connectivity index (χ0v) is 26.2. The number of aryl methyl sites for hydroxylation is 1. The fourth-order valence-electron chi connectivity index (χ4n) is 5.39. The minimum atomic E-state index is -1.07. The van der Waals surface area contributed by atoms with Crippen LogP contribution < -0.4 is 10.1 Å². The number of carbonyl (C=O) groups excluding carboxylic acids is 3. The lowest BCUT2D eigenvalue weighted by Gasteiger charge is -2.40. The van der Waals surface area contributed by atoms with Crippen molar-refractivity contribution in [3.05, 3.63) is 82.7 Å². The number of rotatable bonds is 8. The van der Waals surface area contributed by atoms with Crippen LogP contribution in [0.2, 0.25) is 0 Å². The van der Waals surface area contributed by atoms with Gasteiger partial charge in [0, 0.05) is 50.6 Å². The van der Waals surface area contributed by atoms with Gasteiger partial charge in [-0.2, -0.15) is 5.10 Å². The molecule has 0 radical (unpaired) electrons. The van der Waals surface area contributed by atoms with E-state index in [0.717, 1.165) is 16.8 Å². The van der Waals surface area contributed by atoms with Gasteiger partial charge in [-0.1, -0.05) is 6.07 Å². The molecule has 1 fully saturated rings. The van der Waals surface area contributed by atoms with E-state index in [1.165, 1.54) is 4.90 Å². The zero-order valence-electron chi connectivity index (χ0n) is 26.2. The summed E-state index contributed by atoms with van der Waals surface area (Å²) in [6, 6.07) is 13.4. The average molecular weight is 620 g/mol. The molecule has 2 N–H and O–H groups in total. The van der Waals surface area contributed by atoms with Crippen LogP contribution in [0.25, 0.3) is 0 Å². The van der Waals surface area contributed by atoms with E-state index in [1.54, 1.807) is 60.8 Å². The molecule has 2 aliphatic rings. The van der Waals surface area contributed by atoms with Crippen molar-refractivity contribution in [3.63, 3.8) is 0 Å². The summed E-state index contributed by atoms with van der Waals surface area (Å²) in [5.41, 5.74) is 2.90. The lowest BCUT2D eigenvalue weighted by Crippen LogP contribution is -2.54. The van der Waals surface area contributed by atoms with E-state index < -0.39 is 29.7 Å². The Morgan fingerprint density at radius 2 is 1.76 bits per heavy atom. The van der Waals surface area contributed by atoms with Crippen molar-refractivity contribution >= 4 is 17.9 Å². The number of benzene rings is 2. The molecule has 0 bridgehead atoms. The average Bonchev–Trinajstić information content (AvgIpc) is 3.45. The quantitative estimate of drug-likeness (QED) is 0.393. The Balaban J connectivity index is 1.24. The van der Waals surface area contributed by atoms with E-state index in [4.69, 9.17) is 14.2 Å². The SMILES string of the molecule is Cn1nccc1COc1ccc2c(c1)CN(C(=O)OC(C)(C)C)[C@H]([C@H](O)CNC(=O)c1ccc(C(=O)N3CCOCC3)cc1)C2. The Hall–Kier alpha value is -4.42. The normalized spacial score (nSPS) is 17.3. The van der Waals surface area contributed by atoms with Crippen LogP contribution >= 0.6 is 0 Å². The number of hydrogen-bond donors (Lipinski definition) is 2. The molecular formula is C33H41N5O7. The minimum absolute atomic E-state index is 0.0848. The van der Waals surface area contributed by atoms with Crippen LogP contribution in [0.5, 0.6) is 5.75 Å². The topological polar surface area (TPSA) is 135 Å². The van der Waals surface area contributed by atoms with Gasteiger partial charge < -0.3 is 29.5 Å². The molecule has 2 aliphatic heterocycles. The number of aromatic nitrogens is 2. The highest BCUT2D eigenvalue weighted by atomic mass is 16.6. The molecule has 5 rings (SSSR count). The first-order chi connectivity index (χ1) is 21.5. The molecule has 1 saturated heterocycles. The van der Waals surface area contributed by atoms with Gasteiger partial charge in [-0.05, 0) is 80.8 Å². The first-order valence-corrected chi connectivity index (χ1v) is 15.1. The van der Waals surface area contributed by atoms with E-state index in [-0.39, 0.29) is 19.0 Å². The second-order valence-corrected chi connectivity index (χ2v) is 12.3. The molecule has 0 aliphatic carbocycles. The summed E-state index contributed by atoms with van der Waals surface area (Å²) in [6.07, 6.45) is 0.457. The van der Waals surface area contributed by atoms with Crippen molar-refractivity contribution in [3.8, 4) is 5.75 Å². The first-order valence-electron chi connectivity index (χ1n) is 15.1. The molecule has 0 saturated carbocycles. The molecule has 2 atom stereocenters. The monoisotopic (exact) mass is 619 g/mol. The van der Waals surface area contributed by atoms with Crippen LogP contribution in [0.15, 0.2) is 54.7 Å². The summed E-state index contributed by atoms with van der Waals surface area (Å²) in [4.78, 5) is 42.3. The molecule has 45 heavy (non-hydrogen) atoms. The van der Waals surface area contributed by atoms with Crippen molar-refractivity contribution in [2.75, 3.05) is 32.8 Å². The number of ether oxygens (including phenoxy) is 3. The Morgan fingerprint density at radius 1 is 1.04 bits per heavy atom. The maximum atomic E-state index is 13.3. The third kappa shape index (κ3) is 8.00. The number of fused-ring (bicyclic) bond motifs is 1. The summed E-state index contributed by atoms with van der Waals surface area (Å²) < 4.78 is 18.7. The lowest BCUT2D eigenvalue weighted by atomic mass is 9.91. The van der Waals surface area contributed by atoms with Gasteiger partial charge in [0.1, 0.15) is 18.0 Å². The van der Waals surface area contributed by atoms with Gasteiger partial charge in [-0.15, -0.1) is 0 Å². The highest BCUT2D eigenvalue weighted by molar-refractivity contribution is 5.97. The first kappa shape index (κ1) is 32.0. The van der Waals surface area contributed by atoms with Gasteiger partial charge in [0.05, 0.1) is 31.1 Å². The molecule has 0 unspecified atom stereocenters. The van der Waals surface area contributed by atoms with Crippen molar-refractivity contribution in [1.29, 1.82) is 0 Å². The molecule has 3 aromatic rings. The van der Waals surface area contributed by atoms with E-state index in [9.17, 15) is 19.5 Å². The smallest absolute Gasteiger partial charge is 0.410 e. The number of aliphatic hydroxyl groups is 1. The number of nitrogens with one attached hydrogen (secondary N) is 1. The molecule has 12 nitrogen and oxygen atoms in total. The van der Waals surface area contributed by atoms with Crippen LogP contribution in [-0.4, -0.2) is 93.2 Å². The Morgan fingerprint density at radius 3 is 2.42 bits per heavy atom. The van der Waals surface area contributed by atoms with Crippen molar-refractivity contribution in [2.45, 2.75) is 58.1 Å². The van der Waals surface area contributed by atoms with Gasteiger partial charge in [0.15, 0.2) is 0 Å². The number of carbonyl (C=O) groups is 3. The zero-order chi connectivity index (χ0) is 32.1. The van der Waals surface area contributed by atoms with Crippen LogP contribution in [0.1, 0.15) is 58.3 Å². The second kappa shape index (κ2) is 13.7. The molecule has 2 aromatic carbocycles. The number of amides is 3. The number of morpholine rings is 1. The van der Waals surface area contributed by atoms with E-state index >= 15 is 0 Å². The lowest BCUT2D eigenvalue weighted by molar-refractivity contribution is -0.0113. The van der Waals surface area contributed by atoms with Gasteiger partial charge in [-0.3, -0.25) is 19.2 Å². The number of hydrogen-bond acceptors (Lipinski definition) is 8. The summed E-state index contributed by atoms with van der Waals surface area (Å²) in [5, 5.41) is 18.2. The summed E-state index contributed by atoms with van der Waals surface area (Å²) >= 11 is 0. The standard InChI is InChI=1S/C33H41N5O7/c1-33(2,3)45-32(42)38-20-25-17-27(44-21-26-11-12-35-36(26)4)10-9-24(25)18-28(38)29(39)19-34-30(40)22-5-7-23(8-6-22)31(41)37-13-15-43-16-14-37/h5-12,17,28-29,39H,13-16,18-21H2,1-4H3,(H,34,40)/t28-,29+/m0/s1. The van der Waals surface area contributed by atoms with E-state index in [1.807, 2.05) is 31.3 Å². The van der Waals surface area contributed by atoms with Gasteiger partial charge in [0.25, 0.3) is 11.8 Å². The third-order valence-corrected chi connectivity index (χ3v) is 7.89. The third-order valence-electron chi connectivity index (χ3n) is 7.89. The van der Waals surface area contributed by atoms with Gasteiger partial charge >= 0.3 is 6.09 Å². The molecule has 0 spiro atoms. The summed E-state index contributed by atoms with van der Waals surface area (Å²) in [6.45, 7) is 7.93. The Labute approximate surface area is 262 Å². The fraction of sp³-hybridized carbons (Fsp3) is 0.455. The summed E-state index contributed by atoms with van der Waals surface area (Å²) in [5.74, 6) is 0.158.